The quantitative estimate of drug-likeness (QED) is 0.109. The molecule has 0 fully saturated rings. The minimum atomic E-state index is 0.238. The van der Waals surface area contributed by atoms with Gasteiger partial charge in [-0.3, -0.25) is 0 Å². The maximum absolute atomic E-state index is 4.19. The molecule has 0 aliphatic heterocycles. The van der Waals surface area contributed by atoms with Crippen molar-refractivity contribution in [1.82, 2.24) is 0 Å². The number of rotatable bonds is 23. The molecule has 0 nitrogen and oxygen atoms in total. The van der Waals surface area contributed by atoms with Gasteiger partial charge in [0.2, 0.25) is 0 Å². The number of hydrogen-bond acceptors (Lipinski definition) is 0. The topological polar surface area (TPSA) is 0 Å². The van der Waals surface area contributed by atoms with E-state index in [0.29, 0.717) is 0 Å². The Morgan fingerprint density at radius 3 is 1.50 bits per heavy atom. The van der Waals surface area contributed by atoms with E-state index < -0.39 is 0 Å². The first-order valence-electron chi connectivity index (χ1n) is 14.8. The SMILES string of the molecule is C=CC1(CCCCCCCCCCCC)C=CC(CCCCCCCCCCCC)=CC1. The van der Waals surface area contributed by atoms with E-state index in [2.05, 4.69) is 44.7 Å². The van der Waals surface area contributed by atoms with Crippen molar-refractivity contribution in [3.8, 4) is 0 Å². The lowest BCUT2D eigenvalue weighted by molar-refractivity contribution is 0.417. The van der Waals surface area contributed by atoms with Crippen molar-refractivity contribution < 1.29 is 0 Å². The highest BCUT2D eigenvalue weighted by Crippen LogP contribution is 2.37. The van der Waals surface area contributed by atoms with Crippen LogP contribution in [0.4, 0.5) is 0 Å². The fourth-order valence-electron chi connectivity index (χ4n) is 5.11. The van der Waals surface area contributed by atoms with Crippen LogP contribution in [0.3, 0.4) is 0 Å². The molecule has 0 aromatic rings. The average molecular weight is 443 g/mol. The zero-order chi connectivity index (χ0) is 23.2. The Morgan fingerprint density at radius 2 is 1.09 bits per heavy atom. The van der Waals surface area contributed by atoms with Crippen LogP contribution in [0.5, 0.6) is 0 Å². The summed E-state index contributed by atoms with van der Waals surface area (Å²) in [5.41, 5.74) is 1.81. The third kappa shape index (κ3) is 15.1. The molecule has 1 atom stereocenters. The van der Waals surface area contributed by atoms with Crippen molar-refractivity contribution >= 4 is 0 Å². The van der Waals surface area contributed by atoms with Crippen molar-refractivity contribution in [2.75, 3.05) is 0 Å². The summed E-state index contributed by atoms with van der Waals surface area (Å²) in [6, 6.07) is 0. The maximum Gasteiger partial charge on any atom is 0.00962 e. The largest absolute Gasteiger partial charge is 0.102 e. The Morgan fingerprint density at radius 1 is 0.656 bits per heavy atom. The van der Waals surface area contributed by atoms with E-state index in [1.54, 1.807) is 5.57 Å². The Bertz CT molecular complexity index is 482. The van der Waals surface area contributed by atoms with Crippen LogP contribution in [0.1, 0.15) is 162 Å². The molecule has 1 aliphatic carbocycles. The lowest BCUT2D eigenvalue weighted by Crippen LogP contribution is -2.16. The van der Waals surface area contributed by atoms with Gasteiger partial charge < -0.3 is 0 Å². The monoisotopic (exact) mass is 442 g/mol. The van der Waals surface area contributed by atoms with Gasteiger partial charge in [-0.15, -0.1) is 6.58 Å². The standard InChI is InChI=1S/C32H58/c1-4-7-9-11-13-15-17-19-21-23-25-31-26-29-32(6-3,30-27-31)28-24-22-20-18-16-14-12-10-8-5-2/h6,26-27,29H,3-5,7-25,28,30H2,1-2H3. The average Bonchev–Trinajstić information content (AvgIpc) is 2.82. The van der Waals surface area contributed by atoms with Gasteiger partial charge in [0.15, 0.2) is 0 Å². The summed E-state index contributed by atoms with van der Waals surface area (Å²) in [7, 11) is 0. The molecular formula is C32H58. The predicted molar refractivity (Wildman–Crippen MR) is 147 cm³/mol. The van der Waals surface area contributed by atoms with Gasteiger partial charge in [0.05, 0.1) is 0 Å². The van der Waals surface area contributed by atoms with Gasteiger partial charge >= 0.3 is 0 Å². The van der Waals surface area contributed by atoms with E-state index in [-0.39, 0.29) is 5.41 Å². The summed E-state index contributed by atoms with van der Waals surface area (Å²) >= 11 is 0. The molecule has 0 aromatic carbocycles. The molecular weight excluding hydrogens is 384 g/mol. The van der Waals surface area contributed by atoms with Crippen molar-refractivity contribution in [2.45, 2.75) is 162 Å². The van der Waals surface area contributed by atoms with E-state index in [9.17, 15) is 0 Å². The molecule has 0 bridgehead atoms. The highest BCUT2D eigenvalue weighted by atomic mass is 14.3. The first-order valence-corrected chi connectivity index (χ1v) is 14.8. The Kier molecular flexibility index (Phi) is 19.0. The Balaban J connectivity index is 2.03. The molecule has 0 amide bonds. The van der Waals surface area contributed by atoms with Crippen molar-refractivity contribution in [2.24, 2.45) is 5.41 Å². The van der Waals surface area contributed by atoms with Gasteiger partial charge in [-0.2, -0.15) is 0 Å². The maximum atomic E-state index is 4.19. The van der Waals surface area contributed by atoms with E-state index in [0.717, 1.165) is 0 Å². The smallest absolute Gasteiger partial charge is 0.00962 e. The van der Waals surface area contributed by atoms with Gasteiger partial charge in [-0.05, 0) is 25.7 Å². The highest BCUT2D eigenvalue weighted by molar-refractivity contribution is 5.29. The Labute approximate surface area is 203 Å². The molecule has 1 unspecified atom stereocenters. The zero-order valence-electron chi connectivity index (χ0n) is 22.3. The van der Waals surface area contributed by atoms with E-state index >= 15 is 0 Å². The van der Waals surface area contributed by atoms with Gasteiger partial charge in [0, 0.05) is 5.41 Å². The molecule has 0 heterocycles. The second-order valence-corrected chi connectivity index (χ2v) is 10.6. The summed E-state index contributed by atoms with van der Waals surface area (Å²) < 4.78 is 0. The van der Waals surface area contributed by atoms with Crippen molar-refractivity contribution in [3.63, 3.8) is 0 Å². The van der Waals surface area contributed by atoms with Gasteiger partial charge in [-0.25, -0.2) is 0 Å². The summed E-state index contributed by atoms with van der Waals surface area (Å²) in [5, 5.41) is 0. The van der Waals surface area contributed by atoms with Crippen molar-refractivity contribution in [1.29, 1.82) is 0 Å². The molecule has 32 heavy (non-hydrogen) atoms. The van der Waals surface area contributed by atoms with Gasteiger partial charge in [0.25, 0.3) is 0 Å². The molecule has 186 valence electrons. The van der Waals surface area contributed by atoms with Crippen LogP contribution in [0.25, 0.3) is 0 Å². The normalized spacial score (nSPS) is 18.1. The van der Waals surface area contributed by atoms with Crippen molar-refractivity contribution in [3.05, 3.63) is 36.5 Å². The summed E-state index contributed by atoms with van der Waals surface area (Å²) in [5.74, 6) is 0. The number of hydrogen-bond donors (Lipinski definition) is 0. The molecule has 0 radical (unpaired) electrons. The molecule has 0 aromatic heterocycles. The van der Waals surface area contributed by atoms with Gasteiger partial charge in [-0.1, -0.05) is 166 Å². The highest BCUT2D eigenvalue weighted by Gasteiger charge is 2.23. The van der Waals surface area contributed by atoms with Crippen LogP contribution in [0, 0.1) is 5.41 Å². The third-order valence-electron chi connectivity index (χ3n) is 7.59. The van der Waals surface area contributed by atoms with E-state index in [1.165, 1.54) is 148 Å². The molecule has 0 saturated carbocycles. The fourth-order valence-corrected chi connectivity index (χ4v) is 5.11. The van der Waals surface area contributed by atoms with Crippen LogP contribution < -0.4 is 0 Å². The lowest BCUT2D eigenvalue weighted by atomic mass is 9.75. The lowest BCUT2D eigenvalue weighted by Gasteiger charge is -2.29. The summed E-state index contributed by atoms with van der Waals surface area (Å²) in [6.07, 6.45) is 41.8. The second kappa shape index (κ2) is 20.8. The summed E-state index contributed by atoms with van der Waals surface area (Å²) in [6.45, 7) is 8.79. The van der Waals surface area contributed by atoms with E-state index in [1.807, 2.05) is 0 Å². The first kappa shape index (κ1) is 29.3. The molecule has 0 N–H and O–H groups in total. The fraction of sp³-hybridized carbons (Fsp3) is 0.812. The van der Waals surface area contributed by atoms with Crippen LogP contribution >= 0.6 is 0 Å². The molecule has 0 spiro atoms. The molecule has 1 aliphatic rings. The van der Waals surface area contributed by atoms with Crippen LogP contribution in [0.2, 0.25) is 0 Å². The first-order chi connectivity index (χ1) is 15.8. The van der Waals surface area contributed by atoms with Crippen LogP contribution in [-0.4, -0.2) is 0 Å². The third-order valence-corrected chi connectivity index (χ3v) is 7.59. The minimum absolute atomic E-state index is 0.238. The molecule has 0 saturated heterocycles. The van der Waals surface area contributed by atoms with Crippen LogP contribution in [-0.2, 0) is 0 Å². The van der Waals surface area contributed by atoms with Crippen LogP contribution in [0.15, 0.2) is 36.5 Å². The Hall–Kier alpha value is -0.780. The second-order valence-electron chi connectivity index (χ2n) is 10.6. The number of unbranched alkanes of at least 4 members (excludes halogenated alkanes) is 18. The minimum Gasteiger partial charge on any atom is -0.102 e. The molecule has 1 rings (SSSR count). The summed E-state index contributed by atoms with van der Waals surface area (Å²) in [4.78, 5) is 0. The predicted octanol–water partition coefficient (Wildman–Crippen LogP) is 11.7. The zero-order valence-corrected chi connectivity index (χ0v) is 22.3. The number of allylic oxidation sites excluding steroid dienone is 5. The van der Waals surface area contributed by atoms with Gasteiger partial charge in [0.1, 0.15) is 0 Å². The molecule has 0 heteroatoms. The van der Waals surface area contributed by atoms with E-state index in [4.69, 9.17) is 0 Å².